The van der Waals surface area contributed by atoms with Crippen molar-refractivity contribution in [3.63, 3.8) is 0 Å². The lowest BCUT2D eigenvalue weighted by atomic mass is 9.91. The minimum absolute atomic E-state index is 0.0212. The highest BCUT2D eigenvalue weighted by Gasteiger charge is 2.38. The summed E-state index contributed by atoms with van der Waals surface area (Å²) in [6.45, 7) is 3.43. The van der Waals surface area contributed by atoms with Gasteiger partial charge in [0.2, 0.25) is 0 Å². The monoisotopic (exact) mass is 445 g/mol. The van der Waals surface area contributed by atoms with Crippen LogP contribution in [0.2, 0.25) is 0 Å². The molecule has 0 bridgehead atoms. The van der Waals surface area contributed by atoms with E-state index in [4.69, 9.17) is 4.74 Å². The molecule has 0 fully saturated rings. The lowest BCUT2D eigenvalue weighted by Gasteiger charge is -2.21. The molecule has 2 aromatic carbocycles. The van der Waals surface area contributed by atoms with Crippen molar-refractivity contribution >= 4 is 12.2 Å². The van der Waals surface area contributed by atoms with Gasteiger partial charge in [-0.15, -0.1) is 6.58 Å². The van der Waals surface area contributed by atoms with Crippen LogP contribution < -0.4 is 4.74 Å². The summed E-state index contributed by atoms with van der Waals surface area (Å²) < 4.78 is 83.1. The number of nitrogens with zero attached hydrogens (tertiary/aromatic N) is 1. The molecular formula is C21H17F6NO3. The second-order valence-electron chi connectivity index (χ2n) is 6.56. The number of rotatable bonds is 7. The Bertz CT molecular complexity index is 948. The molecular weight excluding hydrogens is 428 g/mol. The Hall–Kier alpha value is -3.30. The fraction of sp³-hybridized carbons (Fsp3) is 0.238. The minimum Gasteiger partial charge on any atom is -0.497 e. The van der Waals surface area contributed by atoms with Gasteiger partial charge in [0.15, 0.2) is 5.54 Å². The number of hydrogen-bond acceptors (Lipinski definition) is 3. The van der Waals surface area contributed by atoms with Crippen LogP contribution in [0.15, 0.2) is 60.1 Å². The van der Waals surface area contributed by atoms with E-state index in [2.05, 4.69) is 11.6 Å². The number of alkyl halides is 6. The highest BCUT2D eigenvalue weighted by Crippen LogP contribution is 2.36. The Morgan fingerprint density at radius 2 is 1.55 bits per heavy atom. The van der Waals surface area contributed by atoms with Crippen molar-refractivity contribution in [2.75, 3.05) is 7.11 Å². The van der Waals surface area contributed by atoms with Crippen LogP contribution in [-0.2, 0) is 23.6 Å². The van der Waals surface area contributed by atoms with Crippen LogP contribution >= 0.6 is 0 Å². The SMILES string of the molecule is C=CC(Cc1ccc(OC)cc1)(N=Cc1cc(C(F)(F)F)cc(C(F)(F)F)c1)C(=O)O. The minimum atomic E-state index is -5.03. The molecule has 1 unspecified atom stereocenters. The number of methoxy groups -OCH3 is 1. The highest BCUT2D eigenvalue weighted by molar-refractivity contribution is 5.88. The van der Waals surface area contributed by atoms with E-state index in [1.165, 1.54) is 7.11 Å². The summed E-state index contributed by atoms with van der Waals surface area (Å²) in [5.41, 5.74) is -5.14. The van der Waals surface area contributed by atoms with Gasteiger partial charge in [0, 0.05) is 12.6 Å². The van der Waals surface area contributed by atoms with Gasteiger partial charge in [-0.1, -0.05) is 18.2 Å². The van der Waals surface area contributed by atoms with E-state index >= 15 is 0 Å². The Morgan fingerprint density at radius 3 is 1.94 bits per heavy atom. The summed E-state index contributed by atoms with van der Waals surface area (Å²) in [6, 6.07) is 7.15. The van der Waals surface area contributed by atoms with Gasteiger partial charge in [0.05, 0.1) is 18.2 Å². The van der Waals surface area contributed by atoms with Crippen LogP contribution in [0.5, 0.6) is 5.75 Å². The summed E-state index contributed by atoms with van der Waals surface area (Å²) in [7, 11) is 1.44. The quantitative estimate of drug-likeness (QED) is 0.353. The van der Waals surface area contributed by atoms with E-state index in [1.807, 2.05) is 0 Å². The van der Waals surface area contributed by atoms with E-state index in [0.29, 0.717) is 29.7 Å². The van der Waals surface area contributed by atoms with Crippen molar-refractivity contribution in [1.29, 1.82) is 0 Å². The van der Waals surface area contributed by atoms with Crippen molar-refractivity contribution in [3.05, 3.63) is 77.4 Å². The van der Waals surface area contributed by atoms with Crippen molar-refractivity contribution in [2.45, 2.75) is 24.3 Å². The summed E-state index contributed by atoms with van der Waals surface area (Å²) >= 11 is 0. The number of ether oxygens (including phenoxy) is 1. The third-order valence-electron chi connectivity index (χ3n) is 4.39. The second kappa shape index (κ2) is 8.83. The molecule has 0 saturated heterocycles. The largest absolute Gasteiger partial charge is 0.497 e. The smallest absolute Gasteiger partial charge is 0.416 e. The molecule has 2 aromatic rings. The summed E-state index contributed by atoms with van der Waals surface area (Å²) in [5, 5.41) is 9.66. The molecule has 166 valence electrons. The normalized spacial score (nSPS) is 14.3. The summed E-state index contributed by atoms with van der Waals surface area (Å²) in [6.07, 6.45) is -8.67. The van der Waals surface area contributed by atoms with Gasteiger partial charge in [-0.05, 0) is 41.5 Å². The maximum Gasteiger partial charge on any atom is 0.416 e. The maximum absolute atomic E-state index is 13.0. The van der Waals surface area contributed by atoms with E-state index < -0.39 is 40.6 Å². The molecule has 0 aromatic heterocycles. The molecule has 0 aliphatic heterocycles. The Morgan fingerprint density at radius 1 is 1.03 bits per heavy atom. The molecule has 31 heavy (non-hydrogen) atoms. The molecule has 4 nitrogen and oxygen atoms in total. The standard InChI is InChI=1S/C21H17F6NO3/c1-3-19(18(29)30,11-13-4-6-17(31-2)7-5-13)28-12-14-8-15(20(22,23)24)10-16(9-14)21(25,26)27/h3-10,12H,1,11H2,2H3,(H,29,30). The first-order valence-corrected chi connectivity index (χ1v) is 8.65. The van der Waals surface area contributed by atoms with E-state index in [9.17, 15) is 36.2 Å². The van der Waals surface area contributed by atoms with Crippen LogP contribution in [0.1, 0.15) is 22.3 Å². The highest BCUT2D eigenvalue weighted by atomic mass is 19.4. The predicted molar refractivity (Wildman–Crippen MR) is 101 cm³/mol. The molecule has 0 spiro atoms. The van der Waals surface area contributed by atoms with Gasteiger partial charge in [-0.3, -0.25) is 4.99 Å². The van der Waals surface area contributed by atoms with Crippen LogP contribution in [0.3, 0.4) is 0 Å². The lowest BCUT2D eigenvalue weighted by Crippen LogP contribution is -2.37. The van der Waals surface area contributed by atoms with E-state index in [1.54, 1.807) is 24.3 Å². The van der Waals surface area contributed by atoms with Crippen molar-refractivity contribution < 1.29 is 41.0 Å². The first kappa shape index (κ1) is 24.0. The number of aliphatic imine (C=N–C) groups is 1. The van der Waals surface area contributed by atoms with E-state index in [-0.39, 0.29) is 12.5 Å². The lowest BCUT2D eigenvalue weighted by molar-refractivity contribution is -0.143. The molecule has 1 atom stereocenters. The average molecular weight is 445 g/mol. The second-order valence-corrected chi connectivity index (χ2v) is 6.56. The number of carboxylic acids is 1. The maximum atomic E-state index is 13.0. The Balaban J connectivity index is 2.50. The van der Waals surface area contributed by atoms with Gasteiger partial charge in [-0.25, -0.2) is 4.79 Å². The Labute approximate surface area is 173 Å². The van der Waals surface area contributed by atoms with Crippen LogP contribution in [0, 0.1) is 0 Å². The topological polar surface area (TPSA) is 58.9 Å². The third kappa shape index (κ3) is 5.87. The van der Waals surface area contributed by atoms with Crippen LogP contribution in [0.4, 0.5) is 26.3 Å². The fourth-order valence-electron chi connectivity index (χ4n) is 2.69. The zero-order valence-electron chi connectivity index (χ0n) is 16.1. The predicted octanol–water partition coefficient (Wildman–Crippen LogP) is 5.40. The first-order chi connectivity index (χ1) is 14.3. The van der Waals surface area contributed by atoms with Gasteiger partial charge in [0.25, 0.3) is 0 Å². The molecule has 10 heteroatoms. The molecule has 0 aliphatic carbocycles. The molecule has 1 N–H and O–H groups in total. The van der Waals surface area contributed by atoms with Gasteiger partial charge in [-0.2, -0.15) is 26.3 Å². The van der Waals surface area contributed by atoms with E-state index in [0.717, 1.165) is 6.08 Å². The van der Waals surface area contributed by atoms with Crippen molar-refractivity contribution in [1.82, 2.24) is 0 Å². The zero-order valence-corrected chi connectivity index (χ0v) is 16.1. The van der Waals surface area contributed by atoms with Gasteiger partial charge < -0.3 is 9.84 Å². The van der Waals surface area contributed by atoms with Crippen molar-refractivity contribution in [2.24, 2.45) is 4.99 Å². The molecule has 0 radical (unpaired) electrons. The van der Waals surface area contributed by atoms with Crippen molar-refractivity contribution in [3.8, 4) is 5.75 Å². The Kier molecular flexibility index (Phi) is 6.83. The molecule has 0 saturated carbocycles. The zero-order chi connectivity index (χ0) is 23.4. The first-order valence-electron chi connectivity index (χ1n) is 8.65. The number of hydrogen-bond donors (Lipinski definition) is 1. The van der Waals surface area contributed by atoms with Crippen LogP contribution in [0.25, 0.3) is 0 Å². The molecule has 2 rings (SSSR count). The van der Waals surface area contributed by atoms with Gasteiger partial charge >= 0.3 is 18.3 Å². The number of carbonyl (C=O) groups is 1. The summed E-state index contributed by atoms with van der Waals surface area (Å²) in [5.74, 6) is -0.965. The average Bonchev–Trinajstić information content (AvgIpc) is 2.70. The summed E-state index contributed by atoms with van der Waals surface area (Å²) in [4.78, 5) is 15.7. The number of aliphatic carboxylic acids is 1. The van der Waals surface area contributed by atoms with Crippen LogP contribution in [-0.4, -0.2) is 29.9 Å². The molecule has 0 aliphatic rings. The molecule has 0 amide bonds. The fourth-order valence-corrected chi connectivity index (χ4v) is 2.69. The number of halogens is 6. The third-order valence-corrected chi connectivity index (χ3v) is 4.39. The molecule has 0 heterocycles. The number of carboxylic acid groups (broad SMARTS) is 1. The van der Waals surface area contributed by atoms with Gasteiger partial charge in [0.1, 0.15) is 5.75 Å². The number of benzene rings is 2.